The number of benzene rings is 2. The first-order chi connectivity index (χ1) is 17.5. The van der Waals surface area contributed by atoms with E-state index in [1.807, 2.05) is 52.7 Å². The normalized spacial score (nSPS) is 12.6. The van der Waals surface area contributed by atoms with E-state index < -0.39 is 0 Å². The third-order valence-corrected chi connectivity index (χ3v) is 7.15. The van der Waals surface area contributed by atoms with Crippen molar-refractivity contribution in [1.82, 2.24) is 9.80 Å². The maximum atomic E-state index is 13.6. The van der Waals surface area contributed by atoms with E-state index >= 15 is 0 Å². The Kier molecular flexibility index (Phi) is 8.48. The van der Waals surface area contributed by atoms with Crippen molar-refractivity contribution >= 4 is 23.2 Å². The first kappa shape index (κ1) is 25.6. The molecule has 4 rings (SSSR count). The first-order valence-electron chi connectivity index (χ1n) is 12.0. The van der Waals surface area contributed by atoms with E-state index in [-0.39, 0.29) is 24.4 Å². The van der Waals surface area contributed by atoms with E-state index in [0.717, 1.165) is 23.3 Å². The van der Waals surface area contributed by atoms with Gasteiger partial charge < -0.3 is 24.0 Å². The lowest BCUT2D eigenvalue weighted by Crippen LogP contribution is -2.44. The molecule has 1 aliphatic rings. The minimum absolute atomic E-state index is 0.0405. The topological polar surface area (TPSA) is 68.3 Å². The van der Waals surface area contributed by atoms with Gasteiger partial charge in [0.2, 0.25) is 5.91 Å². The molecule has 2 amide bonds. The molecular formula is C28H32N2O5S. The maximum Gasteiger partial charge on any atom is 0.258 e. The molecule has 1 aliphatic carbocycles. The van der Waals surface area contributed by atoms with E-state index in [1.165, 1.54) is 0 Å². The minimum Gasteiger partial charge on any atom is -0.496 e. The molecule has 0 radical (unpaired) electrons. The van der Waals surface area contributed by atoms with E-state index in [2.05, 4.69) is 0 Å². The molecule has 0 bridgehead atoms. The third-order valence-electron chi connectivity index (χ3n) is 6.29. The Balaban J connectivity index is 1.51. The van der Waals surface area contributed by atoms with Crippen LogP contribution in [0.3, 0.4) is 0 Å². The van der Waals surface area contributed by atoms with Crippen LogP contribution in [0, 0.1) is 0 Å². The number of methoxy groups -OCH3 is 3. The highest BCUT2D eigenvalue weighted by molar-refractivity contribution is 7.09. The molecular weight excluding hydrogens is 476 g/mol. The summed E-state index contributed by atoms with van der Waals surface area (Å²) in [6.07, 6.45) is 2.47. The maximum absolute atomic E-state index is 13.6. The van der Waals surface area contributed by atoms with Crippen LogP contribution in [0.15, 0.2) is 60.0 Å². The van der Waals surface area contributed by atoms with Gasteiger partial charge in [-0.05, 0) is 60.5 Å². The van der Waals surface area contributed by atoms with Crippen molar-refractivity contribution in [3.8, 4) is 17.2 Å². The Labute approximate surface area is 216 Å². The molecule has 2 aromatic carbocycles. The lowest BCUT2D eigenvalue weighted by Gasteiger charge is -2.28. The van der Waals surface area contributed by atoms with Crippen LogP contribution in [0.1, 0.15) is 33.6 Å². The Morgan fingerprint density at radius 3 is 2.33 bits per heavy atom. The predicted molar refractivity (Wildman–Crippen MR) is 140 cm³/mol. The van der Waals surface area contributed by atoms with Gasteiger partial charge in [0.1, 0.15) is 12.3 Å². The monoisotopic (exact) mass is 508 g/mol. The fraction of sp³-hybridized carbons (Fsp3) is 0.357. The highest BCUT2D eigenvalue weighted by Crippen LogP contribution is 2.31. The van der Waals surface area contributed by atoms with Gasteiger partial charge in [0.15, 0.2) is 11.5 Å². The molecule has 1 fully saturated rings. The van der Waals surface area contributed by atoms with Crippen molar-refractivity contribution in [1.29, 1.82) is 0 Å². The quantitative estimate of drug-likeness (QED) is 0.356. The number of hydrogen-bond acceptors (Lipinski definition) is 6. The number of para-hydroxylation sites is 1. The fourth-order valence-electron chi connectivity index (χ4n) is 4.16. The largest absolute Gasteiger partial charge is 0.496 e. The van der Waals surface area contributed by atoms with Crippen LogP contribution >= 0.6 is 11.3 Å². The molecule has 1 heterocycles. The van der Waals surface area contributed by atoms with Crippen LogP contribution < -0.4 is 14.2 Å². The van der Waals surface area contributed by atoms with Crippen LogP contribution in [0.2, 0.25) is 0 Å². The van der Waals surface area contributed by atoms with Crippen molar-refractivity contribution in [3.63, 3.8) is 0 Å². The van der Waals surface area contributed by atoms with Gasteiger partial charge in [-0.2, -0.15) is 0 Å². The van der Waals surface area contributed by atoms with Crippen molar-refractivity contribution in [2.75, 3.05) is 34.4 Å². The number of carbonyl (C=O) groups is 2. The summed E-state index contributed by atoms with van der Waals surface area (Å²) in [5, 5.41) is 2.01. The van der Waals surface area contributed by atoms with Crippen molar-refractivity contribution in [2.45, 2.75) is 31.8 Å². The Morgan fingerprint density at radius 1 is 0.917 bits per heavy atom. The van der Waals surface area contributed by atoms with E-state index in [9.17, 15) is 9.59 Å². The molecule has 7 nitrogen and oxygen atoms in total. The molecule has 1 saturated carbocycles. The number of hydrogen-bond donors (Lipinski definition) is 0. The number of thiophene rings is 1. The summed E-state index contributed by atoms with van der Waals surface area (Å²) in [5.74, 6) is 1.61. The average molecular weight is 509 g/mol. The average Bonchev–Trinajstić information content (AvgIpc) is 3.63. The lowest BCUT2D eigenvalue weighted by atomic mass is 10.1. The number of ether oxygens (including phenoxy) is 3. The zero-order chi connectivity index (χ0) is 25.5. The van der Waals surface area contributed by atoms with Gasteiger partial charge in [0.25, 0.3) is 5.91 Å². The number of nitrogens with zero attached hydrogens (tertiary/aromatic N) is 2. The fourth-order valence-corrected chi connectivity index (χ4v) is 4.88. The first-order valence-corrected chi connectivity index (χ1v) is 12.9. The highest BCUT2D eigenvalue weighted by Gasteiger charge is 2.36. The summed E-state index contributed by atoms with van der Waals surface area (Å²) in [7, 11) is 4.77. The standard InChI is InChI=1S/C28H32N2O5S/c1-33-24-9-5-4-8-23(24)28(32)30(21-11-12-21)19-27(31)29(18-22-7-6-16-36-22)15-14-20-10-13-25(34-2)26(17-20)35-3/h4-10,13,16-17,21H,11-12,14-15,18-19H2,1-3H3. The molecule has 1 aromatic heterocycles. The van der Waals surface area contributed by atoms with E-state index in [4.69, 9.17) is 14.2 Å². The molecule has 0 unspecified atom stereocenters. The number of rotatable bonds is 12. The molecule has 0 atom stereocenters. The van der Waals surface area contributed by atoms with Crippen LogP contribution in [0.5, 0.6) is 17.2 Å². The van der Waals surface area contributed by atoms with Gasteiger partial charge >= 0.3 is 0 Å². The zero-order valence-corrected chi connectivity index (χ0v) is 21.8. The summed E-state index contributed by atoms with van der Waals surface area (Å²) in [6, 6.07) is 17.1. The highest BCUT2D eigenvalue weighted by atomic mass is 32.1. The smallest absolute Gasteiger partial charge is 0.258 e. The number of amides is 2. The molecule has 36 heavy (non-hydrogen) atoms. The van der Waals surface area contributed by atoms with Crippen LogP contribution in [0.25, 0.3) is 0 Å². The van der Waals surface area contributed by atoms with E-state index in [0.29, 0.717) is 42.3 Å². The lowest BCUT2D eigenvalue weighted by molar-refractivity contribution is -0.132. The number of carbonyl (C=O) groups excluding carboxylic acids is 2. The molecule has 0 saturated heterocycles. The van der Waals surface area contributed by atoms with E-state index in [1.54, 1.807) is 49.7 Å². The third kappa shape index (κ3) is 6.18. The van der Waals surface area contributed by atoms with Gasteiger partial charge in [0, 0.05) is 17.5 Å². The van der Waals surface area contributed by atoms with Crippen molar-refractivity contribution in [3.05, 3.63) is 76.0 Å². The summed E-state index contributed by atoms with van der Waals surface area (Å²) < 4.78 is 16.2. The Hall–Kier alpha value is -3.52. The van der Waals surface area contributed by atoms with Crippen molar-refractivity contribution in [2.24, 2.45) is 0 Å². The second-order valence-electron chi connectivity index (χ2n) is 8.70. The van der Waals surface area contributed by atoms with Crippen LogP contribution in [-0.2, 0) is 17.8 Å². The Morgan fingerprint density at radius 2 is 1.67 bits per heavy atom. The zero-order valence-electron chi connectivity index (χ0n) is 20.9. The van der Waals surface area contributed by atoms with Crippen LogP contribution in [-0.4, -0.2) is 62.1 Å². The molecule has 0 spiro atoms. The molecule has 8 heteroatoms. The van der Waals surface area contributed by atoms with Gasteiger partial charge in [-0.15, -0.1) is 11.3 Å². The van der Waals surface area contributed by atoms with Gasteiger partial charge in [-0.25, -0.2) is 0 Å². The van der Waals surface area contributed by atoms with Gasteiger partial charge in [0.05, 0.1) is 33.4 Å². The van der Waals surface area contributed by atoms with Gasteiger partial charge in [-0.3, -0.25) is 9.59 Å². The van der Waals surface area contributed by atoms with Gasteiger partial charge in [-0.1, -0.05) is 24.3 Å². The molecule has 3 aromatic rings. The summed E-state index contributed by atoms with van der Waals surface area (Å²) in [5.41, 5.74) is 1.52. The predicted octanol–water partition coefficient (Wildman–Crippen LogP) is 4.65. The second kappa shape index (κ2) is 11.9. The summed E-state index contributed by atoms with van der Waals surface area (Å²) in [4.78, 5) is 31.7. The molecule has 190 valence electrons. The molecule has 0 N–H and O–H groups in total. The molecule has 0 aliphatic heterocycles. The van der Waals surface area contributed by atoms with Crippen LogP contribution in [0.4, 0.5) is 0 Å². The van der Waals surface area contributed by atoms with Crippen molar-refractivity contribution < 1.29 is 23.8 Å². The summed E-state index contributed by atoms with van der Waals surface area (Å²) >= 11 is 1.62. The minimum atomic E-state index is -0.167. The SMILES string of the molecule is COc1ccc(CCN(Cc2cccs2)C(=O)CN(C(=O)c2ccccc2OC)C2CC2)cc1OC. The Bertz CT molecular complexity index is 1180. The second-order valence-corrected chi connectivity index (χ2v) is 9.73. The summed E-state index contributed by atoms with van der Waals surface area (Å²) in [6.45, 7) is 1.07.